The van der Waals surface area contributed by atoms with Crippen molar-refractivity contribution in [1.82, 2.24) is 19.6 Å². The lowest BCUT2D eigenvalue weighted by molar-refractivity contribution is 0.549. The number of imidazole rings is 1. The summed E-state index contributed by atoms with van der Waals surface area (Å²) >= 11 is 0. The van der Waals surface area contributed by atoms with E-state index in [2.05, 4.69) is 15.0 Å². The Labute approximate surface area is 108 Å². The van der Waals surface area contributed by atoms with Crippen LogP contribution in [0, 0.1) is 6.92 Å². The van der Waals surface area contributed by atoms with Gasteiger partial charge >= 0.3 is 0 Å². The number of hydrogen-bond donors (Lipinski definition) is 2. The average Bonchev–Trinajstić information content (AvgIpc) is 2.95. The number of aryl methyl sites for hydroxylation is 2. The van der Waals surface area contributed by atoms with E-state index < -0.39 is 10.0 Å². The Morgan fingerprint density at radius 1 is 1.61 bits per heavy atom. The molecule has 2 rings (SSSR count). The van der Waals surface area contributed by atoms with Gasteiger partial charge in [0.25, 0.3) is 10.0 Å². The lowest BCUT2D eigenvalue weighted by atomic mass is 10.2. The van der Waals surface area contributed by atoms with Gasteiger partial charge in [-0.25, -0.2) is 18.1 Å². The van der Waals surface area contributed by atoms with Gasteiger partial charge < -0.3 is 9.88 Å². The van der Waals surface area contributed by atoms with E-state index in [0.29, 0.717) is 6.54 Å². The molecule has 1 aromatic rings. The number of hydrogen-bond acceptors (Lipinski definition) is 4. The number of aromatic nitrogens is 2. The van der Waals surface area contributed by atoms with E-state index >= 15 is 0 Å². The second-order valence-electron chi connectivity index (χ2n) is 4.56. The zero-order chi connectivity index (χ0) is 13.2. The molecule has 6 nitrogen and oxygen atoms in total. The van der Waals surface area contributed by atoms with Gasteiger partial charge in [0, 0.05) is 25.3 Å². The molecule has 2 heterocycles. The third kappa shape index (κ3) is 2.90. The molecule has 1 aromatic heterocycles. The highest BCUT2D eigenvalue weighted by Crippen LogP contribution is 2.10. The maximum Gasteiger partial charge on any atom is 0.259 e. The van der Waals surface area contributed by atoms with E-state index in [-0.39, 0.29) is 11.1 Å². The lowest BCUT2D eigenvalue weighted by Crippen LogP contribution is -2.37. The van der Waals surface area contributed by atoms with Crippen molar-refractivity contribution >= 4 is 10.0 Å². The topological polar surface area (TPSA) is 76.0 Å². The predicted octanol–water partition coefficient (Wildman–Crippen LogP) is 0.242. The fraction of sp³-hybridized carbons (Fsp3) is 0.727. The van der Waals surface area contributed by atoms with Gasteiger partial charge in [0.05, 0.1) is 0 Å². The Hall–Kier alpha value is -0.920. The molecule has 1 aliphatic rings. The summed E-state index contributed by atoms with van der Waals surface area (Å²) in [7, 11) is -3.48. The molecule has 0 radical (unpaired) electrons. The van der Waals surface area contributed by atoms with Gasteiger partial charge in [-0.1, -0.05) is 0 Å². The largest absolute Gasteiger partial charge is 0.334 e. The SMILES string of the molecule is CCn1cc(S(=O)(=O)NCC2CCCN2)nc1C. The summed E-state index contributed by atoms with van der Waals surface area (Å²) in [6.45, 7) is 5.89. The highest BCUT2D eigenvalue weighted by Gasteiger charge is 2.21. The van der Waals surface area contributed by atoms with Crippen LogP contribution in [0.15, 0.2) is 11.2 Å². The highest BCUT2D eigenvalue weighted by molar-refractivity contribution is 7.89. The molecule has 1 atom stereocenters. The Morgan fingerprint density at radius 3 is 2.94 bits per heavy atom. The minimum atomic E-state index is -3.48. The maximum atomic E-state index is 12.1. The fourth-order valence-electron chi connectivity index (χ4n) is 2.14. The third-order valence-corrected chi connectivity index (χ3v) is 4.55. The van der Waals surface area contributed by atoms with E-state index in [4.69, 9.17) is 0 Å². The summed E-state index contributed by atoms with van der Waals surface area (Å²) in [6, 6.07) is 0.245. The van der Waals surface area contributed by atoms with Gasteiger partial charge in [-0.3, -0.25) is 0 Å². The van der Waals surface area contributed by atoms with Gasteiger partial charge in [-0.05, 0) is 33.2 Å². The molecule has 102 valence electrons. The molecule has 0 bridgehead atoms. The molecule has 1 aliphatic heterocycles. The molecule has 1 fully saturated rings. The number of nitrogens with one attached hydrogen (secondary N) is 2. The summed E-state index contributed by atoms with van der Waals surface area (Å²) < 4.78 is 28.5. The molecule has 0 saturated carbocycles. The Balaban J connectivity index is 2.04. The minimum Gasteiger partial charge on any atom is -0.334 e. The van der Waals surface area contributed by atoms with Gasteiger partial charge in [-0.15, -0.1) is 0 Å². The van der Waals surface area contributed by atoms with Crippen LogP contribution in [0.4, 0.5) is 0 Å². The molecule has 18 heavy (non-hydrogen) atoms. The summed E-state index contributed by atoms with van der Waals surface area (Å²) in [6.07, 6.45) is 3.71. The Kier molecular flexibility index (Phi) is 4.04. The predicted molar refractivity (Wildman–Crippen MR) is 68.9 cm³/mol. The minimum absolute atomic E-state index is 0.111. The van der Waals surface area contributed by atoms with Crippen molar-refractivity contribution in [2.24, 2.45) is 0 Å². The molecule has 0 aliphatic carbocycles. The number of rotatable bonds is 5. The average molecular weight is 272 g/mol. The summed E-state index contributed by atoms with van der Waals surface area (Å²) in [5.74, 6) is 0.719. The van der Waals surface area contributed by atoms with Crippen LogP contribution in [0.5, 0.6) is 0 Å². The highest BCUT2D eigenvalue weighted by atomic mass is 32.2. The molecule has 1 saturated heterocycles. The first-order chi connectivity index (χ1) is 8.53. The van der Waals surface area contributed by atoms with Crippen LogP contribution in [0.1, 0.15) is 25.6 Å². The number of sulfonamides is 1. The van der Waals surface area contributed by atoms with Crippen LogP contribution in [-0.2, 0) is 16.6 Å². The van der Waals surface area contributed by atoms with E-state index in [9.17, 15) is 8.42 Å². The van der Waals surface area contributed by atoms with Gasteiger partial charge in [0.1, 0.15) is 5.82 Å². The van der Waals surface area contributed by atoms with Crippen LogP contribution >= 0.6 is 0 Å². The monoisotopic (exact) mass is 272 g/mol. The molecular weight excluding hydrogens is 252 g/mol. The van der Waals surface area contributed by atoms with Crippen molar-refractivity contribution in [2.75, 3.05) is 13.1 Å². The Bertz CT molecular complexity index is 503. The van der Waals surface area contributed by atoms with Crippen molar-refractivity contribution in [1.29, 1.82) is 0 Å². The van der Waals surface area contributed by atoms with Gasteiger partial charge in [-0.2, -0.15) is 0 Å². The first kappa shape index (κ1) is 13.5. The molecule has 0 aromatic carbocycles. The lowest BCUT2D eigenvalue weighted by Gasteiger charge is -2.10. The smallest absolute Gasteiger partial charge is 0.259 e. The van der Waals surface area contributed by atoms with Crippen molar-refractivity contribution in [3.63, 3.8) is 0 Å². The van der Waals surface area contributed by atoms with Crippen LogP contribution < -0.4 is 10.0 Å². The second kappa shape index (κ2) is 5.38. The van der Waals surface area contributed by atoms with Crippen molar-refractivity contribution < 1.29 is 8.42 Å². The van der Waals surface area contributed by atoms with Gasteiger partial charge in [0.15, 0.2) is 5.03 Å². The molecular formula is C11H20N4O2S. The fourth-order valence-corrected chi connectivity index (χ4v) is 3.23. The quantitative estimate of drug-likeness (QED) is 0.805. The van der Waals surface area contributed by atoms with Crippen LogP contribution in [0.3, 0.4) is 0 Å². The van der Waals surface area contributed by atoms with E-state index in [1.165, 1.54) is 0 Å². The van der Waals surface area contributed by atoms with Crippen LogP contribution in [-0.4, -0.2) is 37.1 Å². The maximum absolute atomic E-state index is 12.1. The summed E-state index contributed by atoms with van der Waals surface area (Å²) in [5.41, 5.74) is 0. The van der Waals surface area contributed by atoms with E-state index in [0.717, 1.165) is 31.8 Å². The summed E-state index contributed by atoms with van der Waals surface area (Å²) in [5, 5.41) is 3.37. The number of nitrogens with zero attached hydrogens (tertiary/aromatic N) is 2. The normalized spacial score (nSPS) is 20.4. The first-order valence-corrected chi connectivity index (χ1v) is 7.78. The molecule has 1 unspecified atom stereocenters. The summed E-state index contributed by atoms with van der Waals surface area (Å²) in [4.78, 5) is 4.09. The van der Waals surface area contributed by atoms with Gasteiger partial charge in [0.2, 0.25) is 0 Å². The molecule has 0 spiro atoms. The molecule has 7 heteroatoms. The Morgan fingerprint density at radius 2 is 2.39 bits per heavy atom. The van der Waals surface area contributed by atoms with Crippen molar-refractivity contribution in [3.05, 3.63) is 12.0 Å². The second-order valence-corrected chi connectivity index (χ2v) is 6.27. The van der Waals surface area contributed by atoms with E-state index in [1.54, 1.807) is 13.1 Å². The van der Waals surface area contributed by atoms with Crippen molar-refractivity contribution in [2.45, 2.75) is 44.3 Å². The zero-order valence-corrected chi connectivity index (χ0v) is 11.6. The third-order valence-electron chi connectivity index (χ3n) is 3.25. The van der Waals surface area contributed by atoms with Crippen molar-refractivity contribution in [3.8, 4) is 0 Å². The zero-order valence-electron chi connectivity index (χ0n) is 10.8. The first-order valence-electron chi connectivity index (χ1n) is 6.29. The molecule has 0 amide bonds. The van der Waals surface area contributed by atoms with E-state index in [1.807, 2.05) is 11.5 Å². The standard InChI is InChI=1S/C11H20N4O2S/c1-3-15-8-11(14-9(15)2)18(16,17)13-7-10-5-4-6-12-10/h8,10,12-13H,3-7H2,1-2H3. The van der Waals surface area contributed by atoms with Crippen LogP contribution in [0.2, 0.25) is 0 Å². The molecule has 2 N–H and O–H groups in total. The van der Waals surface area contributed by atoms with Crippen LogP contribution in [0.25, 0.3) is 0 Å².